The van der Waals surface area contributed by atoms with Crippen LogP contribution in [0.3, 0.4) is 0 Å². The first-order chi connectivity index (χ1) is 17.1. The Balaban J connectivity index is 1.61. The van der Waals surface area contributed by atoms with E-state index >= 15 is 0 Å². The fraction of sp³-hybridized carbons (Fsp3) is 0.286. The van der Waals surface area contributed by atoms with Gasteiger partial charge in [-0.3, -0.25) is 4.79 Å². The van der Waals surface area contributed by atoms with E-state index in [1.165, 1.54) is 0 Å². The first kappa shape index (κ1) is 22.8. The van der Waals surface area contributed by atoms with E-state index in [2.05, 4.69) is 29.3 Å². The number of anilines is 2. The summed E-state index contributed by atoms with van der Waals surface area (Å²) in [5.41, 5.74) is 3.14. The molecule has 3 aromatic carbocycles. The van der Waals surface area contributed by atoms with Crippen LogP contribution in [0.1, 0.15) is 31.9 Å². The van der Waals surface area contributed by atoms with Crippen molar-refractivity contribution in [2.45, 2.75) is 32.9 Å². The predicted octanol–water partition coefficient (Wildman–Crippen LogP) is 4.99. The number of carbonyl (C=O) groups excluding carboxylic acids is 1. The van der Waals surface area contributed by atoms with Crippen LogP contribution in [0.25, 0.3) is 0 Å². The summed E-state index contributed by atoms with van der Waals surface area (Å²) in [7, 11) is 0. The lowest BCUT2D eigenvalue weighted by Crippen LogP contribution is -2.56. The number of amides is 1. The van der Waals surface area contributed by atoms with E-state index < -0.39 is 5.66 Å². The molecule has 0 saturated carbocycles. The van der Waals surface area contributed by atoms with E-state index in [9.17, 15) is 4.79 Å². The van der Waals surface area contributed by atoms with Crippen molar-refractivity contribution in [2.24, 2.45) is 5.10 Å². The molecule has 5 rings (SSSR count). The van der Waals surface area contributed by atoms with Crippen LogP contribution < -0.4 is 19.8 Å². The highest BCUT2D eigenvalue weighted by atomic mass is 16.5. The molecule has 7 heteroatoms. The first-order valence-electron chi connectivity index (χ1n) is 12.1. The summed E-state index contributed by atoms with van der Waals surface area (Å²) in [4.78, 5) is 15.5. The van der Waals surface area contributed by atoms with E-state index in [1.54, 1.807) is 0 Å². The number of hydrogen-bond acceptors (Lipinski definition) is 6. The first-order valence-corrected chi connectivity index (χ1v) is 12.1. The lowest BCUT2D eigenvalue weighted by molar-refractivity contribution is -0.111. The number of para-hydroxylation sites is 2. The van der Waals surface area contributed by atoms with Crippen molar-refractivity contribution in [2.75, 3.05) is 30.1 Å². The Morgan fingerprint density at radius 1 is 0.971 bits per heavy atom. The van der Waals surface area contributed by atoms with Gasteiger partial charge in [0.15, 0.2) is 17.2 Å². The number of fused-ring (bicyclic) bond motifs is 3. The molecule has 2 aliphatic rings. The molecular weight excluding hydrogens is 440 g/mol. The summed E-state index contributed by atoms with van der Waals surface area (Å²) in [6, 6.07) is 23.6. The number of hydrazone groups is 1. The Morgan fingerprint density at radius 2 is 1.60 bits per heavy atom. The van der Waals surface area contributed by atoms with E-state index in [-0.39, 0.29) is 5.91 Å². The largest absolute Gasteiger partial charge is 0.490 e. The lowest BCUT2D eigenvalue weighted by Gasteiger charge is -2.46. The highest BCUT2D eigenvalue weighted by Crippen LogP contribution is 2.47. The van der Waals surface area contributed by atoms with Crippen LogP contribution in [-0.2, 0) is 16.9 Å². The van der Waals surface area contributed by atoms with Gasteiger partial charge < -0.3 is 19.7 Å². The second-order valence-electron chi connectivity index (χ2n) is 8.64. The molecule has 0 aliphatic carbocycles. The Kier molecular flexibility index (Phi) is 6.07. The van der Waals surface area contributed by atoms with Crippen molar-refractivity contribution in [1.82, 2.24) is 4.90 Å². The van der Waals surface area contributed by atoms with Crippen LogP contribution in [-0.4, -0.2) is 36.4 Å². The zero-order valence-electron chi connectivity index (χ0n) is 20.3. The van der Waals surface area contributed by atoms with E-state index in [4.69, 9.17) is 14.6 Å². The number of amidine groups is 1. The Hall–Kier alpha value is -4.00. The average molecular weight is 471 g/mol. The van der Waals surface area contributed by atoms with Crippen LogP contribution in [0.15, 0.2) is 77.9 Å². The summed E-state index contributed by atoms with van der Waals surface area (Å²) in [5, 5.41) is 9.85. The number of benzene rings is 3. The molecule has 0 bridgehead atoms. The van der Waals surface area contributed by atoms with Crippen molar-refractivity contribution in [3.63, 3.8) is 0 Å². The molecule has 3 aromatic rings. The Morgan fingerprint density at radius 3 is 2.26 bits per heavy atom. The molecule has 2 heterocycles. The van der Waals surface area contributed by atoms with Gasteiger partial charge in [-0.05, 0) is 69.2 Å². The van der Waals surface area contributed by atoms with Gasteiger partial charge in [0.05, 0.1) is 18.9 Å². The van der Waals surface area contributed by atoms with Crippen LogP contribution in [0.4, 0.5) is 11.4 Å². The molecule has 1 N–H and O–H groups in total. The van der Waals surface area contributed by atoms with Crippen molar-refractivity contribution < 1.29 is 14.3 Å². The predicted molar refractivity (Wildman–Crippen MR) is 138 cm³/mol. The van der Waals surface area contributed by atoms with E-state index in [0.29, 0.717) is 31.3 Å². The monoisotopic (exact) mass is 470 g/mol. The van der Waals surface area contributed by atoms with Gasteiger partial charge in [-0.1, -0.05) is 36.4 Å². The van der Waals surface area contributed by atoms with Crippen molar-refractivity contribution in [3.8, 4) is 11.5 Å². The van der Waals surface area contributed by atoms with Gasteiger partial charge >= 0.3 is 0 Å². The SMILES string of the molecule is CCOc1cc2c(cc1OCC)C1(C)N(CC2)C(C(=O)Nc2ccccc2)=NN1c1ccccc1. The highest BCUT2D eigenvalue weighted by Gasteiger charge is 2.52. The van der Waals surface area contributed by atoms with Gasteiger partial charge in [-0.25, -0.2) is 5.01 Å². The summed E-state index contributed by atoms with van der Waals surface area (Å²) in [6.07, 6.45) is 0.762. The van der Waals surface area contributed by atoms with Crippen LogP contribution in [0.2, 0.25) is 0 Å². The second-order valence-corrected chi connectivity index (χ2v) is 8.64. The fourth-order valence-electron chi connectivity index (χ4n) is 4.92. The Bertz CT molecular complexity index is 1250. The van der Waals surface area contributed by atoms with Gasteiger partial charge in [0.2, 0.25) is 5.84 Å². The maximum Gasteiger partial charge on any atom is 0.293 e. The van der Waals surface area contributed by atoms with Gasteiger partial charge in [-0.15, -0.1) is 5.10 Å². The molecule has 35 heavy (non-hydrogen) atoms. The molecule has 0 spiro atoms. The molecule has 0 fully saturated rings. The molecule has 1 unspecified atom stereocenters. The maximum absolute atomic E-state index is 13.5. The fourth-order valence-corrected chi connectivity index (χ4v) is 4.92. The zero-order chi connectivity index (χ0) is 24.4. The molecule has 2 aliphatic heterocycles. The molecule has 0 aromatic heterocycles. The van der Waals surface area contributed by atoms with Gasteiger partial charge in [0, 0.05) is 17.8 Å². The second kappa shape index (κ2) is 9.33. The molecule has 180 valence electrons. The number of hydrogen-bond donors (Lipinski definition) is 1. The molecule has 1 atom stereocenters. The van der Waals surface area contributed by atoms with Crippen LogP contribution in [0, 0.1) is 0 Å². The number of rotatable bonds is 7. The minimum atomic E-state index is -0.713. The third kappa shape index (κ3) is 3.97. The van der Waals surface area contributed by atoms with E-state index in [0.717, 1.165) is 34.7 Å². The molecule has 0 radical (unpaired) electrons. The van der Waals surface area contributed by atoms with E-state index in [1.807, 2.05) is 79.5 Å². The summed E-state index contributed by atoms with van der Waals surface area (Å²) < 4.78 is 11.9. The van der Waals surface area contributed by atoms with Crippen molar-refractivity contribution >= 4 is 23.1 Å². The topological polar surface area (TPSA) is 66.4 Å². The third-order valence-corrected chi connectivity index (χ3v) is 6.51. The highest BCUT2D eigenvalue weighted by molar-refractivity contribution is 6.42. The van der Waals surface area contributed by atoms with Gasteiger partial charge in [0.25, 0.3) is 5.91 Å². The molecular formula is C28H30N4O3. The normalized spacial score (nSPS) is 18.4. The van der Waals surface area contributed by atoms with Crippen molar-refractivity contribution in [1.29, 1.82) is 0 Å². The third-order valence-electron chi connectivity index (χ3n) is 6.51. The summed E-state index contributed by atoms with van der Waals surface area (Å²) >= 11 is 0. The quantitative estimate of drug-likeness (QED) is 0.527. The maximum atomic E-state index is 13.5. The van der Waals surface area contributed by atoms with Crippen molar-refractivity contribution in [3.05, 3.63) is 83.9 Å². The molecule has 1 amide bonds. The lowest BCUT2D eigenvalue weighted by atomic mass is 9.87. The summed E-state index contributed by atoms with van der Waals surface area (Å²) in [6.45, 7) is 7.78. The van der Waals surface area contributed by atoms with Crippen LogP contribution in [0.5, 0.6) is 11.5 Å². The number of nitrogens with one attached hydrogen (secondary N) is 1. The van der Waals surface area contributed by atoms with Crippen LogP contribution >= 0.6 is 0 Å². The minimum Gasteiger partial charge on any atom is -0.490 e. The zero-order valence-corrected chi connectivity index (χ0v) is 20.3. The smallest absolute Gasteiger partial charge is 0.293 e. The molecule has 7 nitrogen and oxygen atoms in total. The number of ether oxygens (including phenoxy) is 2. The summed E-state index contributed by atoms with van der Waals surface area (Å²) in [5.74, 6) is 1.60. The molecule has 0 saturated heterocycles. The average Bonchev–Trinajstić information content (AvgIpc) is 3.19. The Labute approximate surface area is 206 Å². The number of nitrogens with zero attached hydrogens (tertiary/aromatic N) is 3. The minimum absolute atomic E-state index is 0.236. The number of carbonyl (C=O) groups is 1. The van der Waals surface area contributed by atoms with Gasteiger partial charge in [-0.2, -0.15) is 0 Å². The standard InChI is InChI=1S/C28H30N4O3/c1-4-34-24-18-20-16-17-31-26(27(33)29-21-12-8-6-9-13-21)30-32(22-14-10-7-11-15-22)28(31,3)23(20)19-25(24)35-5-2/h6-15,18-19H,4-5,16-17H2,1-3H3,(H,29,33). The van der Waals surface area contributed by atoms with Gasteiger partial charge in [0.1, 0.15) is 0 Å².